The minimum Gasteiger partial charge on any atom is -0.326 e. The van der Waals surface area contributed by atoms with E-state index in [-0.39, 0.29) is 19.1 Å². The minimum absolute atomic E-state index is 0.110. The molecule has 8 nitrogen and oxygen atoms in total. The van der Waals surface area contributed by atoms with Crippen LogP contribution in [0.25, 0.3) is 11.4 Å². The summed E-state index contributed by atoms with van der Waals surface area (Å²) >= 11 is 0. The van der Waals surface area contributed by atoms with Crippen molar-refractivity contribution in [1.82, 2.24) is 34.8 Å². The lowest BCUT2D eigenvalue weighted by Crippen LogP contribution is -2.41. The lowest BCUT2D eigenvalue weighted by molar-refractivity contribution is -0.144. The van der Waals surface area contributed by atoms with Gasteiger partial charge in [-0.05, 0) is 6.92 Å². The van der Waals surface area contributed by atoms with Crippen molar-refractivity contribution in [1.29, 1.82) is 0 Å². The van der Waals surface area contributed by atoms with E-state index in [1.165, 1.54) is 4.90 Å². The van der Waals surface area contributed by atoms with Crippen LogP contribution in [-0.4, -0.2) is 47.3 Å². The lowest BCUT2D eigenvalue weighted by atomic mass is 10.1. The van der Waals surface area contributed by atoms with E-state index in [2.05, 4.69) is 20.3 Å². The van der Waals surface area contributed by atoms with Crippen LogP contribution in [0.4, 0.5) is 13.2 Å². The monoisotopic (exact) mass is 377 g/mol. The van der Waals surface area contributed by atoms with Crippen molar-refractivity contribution in [3.8, 4) is 11.4 Å². The largest absolute Gasteiger partial charge is 0.451 e. The van der Waals surface area contributed by atoms with Crippen molar-refractivity contribution < 1.29 is 18.0 Å². The molecule has 2 aromatic heterocycles. The van der Waals surface area contributed by atoms with Gasteiger partial charge in [0.2, 0.25) is 11.6 Å². The number of hydrogen-bond donors (Lipinski definition) is 1. The third kappa shape index (κ3) is 3.04. The Kier molecular flexibility index (Phi) is 3.93. The molecule has 1 amide bonds. The number of aromatic nitrogens is 6. The molecule has 0 saturated carbocycles. The molecule has 11 heteroatoms. The first kappa shape index (κ1) is 17.2. The number of H-pyrrole nitrogens is 1. The summed E-state index contributed by atoms with van der Waals surface area (Å²) in [7, 11) is 0. The van der Waals surface area contributed by atoms with E-state index in [0.717, 1.165) is 5.56 Å². The van der Waals surface area contributed by atoms with Gasteiger partial charge < -0.3 is 9.47 Å². The number of amides is 1. The van der Waals surface area contributed by atoms with Crippen LogP contribution in [0.15, 0.2) is 30.3 Å². The second-order valence-corrected chi connectivity index (χ2v) is 6.22. The highest BCUT2D eigenvalue weighted by atomic mass is 19.4. The average Bonchev–Trinajstić information content (AvgIpc) is 3.29. The summed E-state index contributed by atoms with van der Waals surface area (Å²) in [5, 5.41) is 13.5. The van der Waals surface area contributed by atoms with Crippen LogP contribution in [0, 0.1) is 0 Å². The quantitative estimate of drug-likeness (QED) is 0.740. The highest BCUT2D eigenvalue weighted by Crippen LogP contribution is 2.29. The van der Waals surface area contributed by atoms with E-state index in [1.54, 1.807) is 5.10 Å². The zero-order valence-corrected chi connectivity index (χ0v) is 14.1. The third-order valence-corrected chi connectivity index (χ3v) is 4.29. The maximum atomic E-state index is 12.6. The molecular weight excluding hydrogens is 363 g/mol. The normalized spacial score (nSPS) is 17.0. The van der Waals surface area contributed by atoms with Crippen LogP contribution < -0.4 is 0 Å². The smallest absolute Gasteiger partial charge is 0.326 e. The van der Waals surface area contributed by atoms with Gasteiger partial charge in [0.1, 0.15) is 0 Å². The second-order valence-electron chi connectivity index (χ2n) is 6.22. The Morgan fingerprint density at radius 2 is 1.96 bits per heavy atom. The van der Waals surface area contributed by atoms with Gasteiger partial charge >= 0.3 is 6.18 Å². The van der Waals surface area contributed by atoms with Gasteiger partial charge in [0.05, 0.1) is 12.6 Å². The highest BCUT2D eigenvalue weighted by Gasteiger charge is 2.37. The maximum Gasteiger partial charge on any atom is 0.451 e. The minimum atomic E-state index is -4.69. The molecular formula is C16H14F3N7O. The molecule has 140 valence electrons. The lowest BCUT2D eigenvalue weighted by Gasteiger charge is -2.31. The summed E-state index contributed by atoms with van der Waals surface area (Å²) in [6.45, 7) is 2.27. The van der Waals surface area contributed by atoms with Crippen LogP contribution >= 0.6 is 0 Å². The molecule has 1 aliphatic rings. The van der Waals surface area contributed by atoms with Crippen LogP contribution in [0.1, 0.15) is 35.2 Å². The fourth-order valence-electron chi connectivity index (χ4n) is 3.09. The predicted molar refractivity (Wildman–Crippen MR) is 86.3 cm³/mol. The zero-order valence-electron chi connectivity index (χ0n) is 14.1. The van der Waals surface area contributed by atoms with Crippen LogP contribution in [0.2, 0.25) is 0 Å². The fourth-order valence-corrected chi connectivity index (χ4v) is 3.09. The molecule has 1 aliphatic heterocycles. The second kappa shape index (κ2) is 6.18. The molecule has 0 spiro atoms. The molecule has 0 fully saturated rings. The number of carbonyl (C=O) groups excluding carboxylic acids is 1. The van der Waals surface area contributed by atoms with Crippen molar-refractivity contribution in [2.45, 2.75) is 25.7 Å². The Hall–Kier alpha value is -3.24. The zero-order chi connectivity index (χ0) is 19.2. The first-order chi connectivity index (χ1) is 12.8. The number of carbonyl (C=O) groups is 1. The number of rotatable bonds is 2. The van der Waals surface area contributed by atoms with Gasteiger partial charge in [-0.2, -0.15) is 18.2 Å². The summed E-state index contributed by atoms with van der Waals surface area (Å²) in [4.78, 5) is 17.2. The number of halogens is 3. The van der Waals surface area contributed by atoms with E-state index in [1.807, 2.05) is 41.8 Å². The van der Waals surface area contributed by atoms with Gasteiger partial charge in [0.25, 0.3) is 5.91 Å². The Labute approximate surface area is 151 Å². The molecule has 3 aromatic rings. The number of hydrogen-bond acceptors (Lipinski definition) is 5. The van der Waals surface area contributed by atoms with Gasteiger partial charge in [0.15, 0.2) is 11.6 Å². The molecule has 4 rings (SSSR count). The van der Waals surface area contributed by atoms with Gasteiger partial charge in [-0.1, -0.05) is 30.3 Å². The van der Waals surface area contributed by atoms with E-state index in [4.69, 9.17) is 0 Å². The maximum absolute atomic E-state index is 12.6. The Morgan fingerprint density at radius 1 is 1.22 bits per heavy atom. The van der Waals surface area contributed by atoms with Crippen molar-refractivity contribution in [2.75, 3.05) is 6.54 Å². The Bertz CT molecular complexity index is 980. The first-order valence-corrected chi connectivity index (χ1v) is 8.12. The molecule has 1 aromatic carbocycles. The van der Waals surface area contributed by atoms with Gasteiger partial charge in [0, 0.05) is 12.1 Å². The molecule has 0 unspecified atom stereocenters. The average molecular weight is 377 g/mol. The standard InChI is InChI=1S/C16H14F3N7O/c1-9-7-25(14(27)12-20-15(24-22-12)16(17,18)19)8-11-21-23-13(26(9)11)10-5-3-2-4-6-10/h2-6,9H,7-8H2,1H3,(H,20,22,24)/t9-/m0/s1. The predicted octanol–water partition coefficient (Wildman–Crippen LogP) is 2.30. The van der Waals surface area contributed by atoms with Crippen LogP contribution in [-0.2, 0) is 12.7 Å². The topological polar surface area (TPSA) is 92.6 Å². The summed E-state index contributed by atoms with van der Waals surface area (Å²) in [5.41, 5.74) is 0.895. The molecule has 0 saturated heterocycles. The summed E-state index contributed by atoms with van der Waals surface area (Å²) in [6, 6.07) is 9.34. The van der Waals surface area contributed by atoms with E-state index in [0.29, 0.717) is 11.6 Å². The van der Waals surface area contributed by atoms with Crippen molar-refractivity contribution in [3.05, 3.63) is 47.8 Å². The van der Waals surface area contributed by atoms with Crippen molar-refractivity contribution in [3.63, 3.8) is 0 Å². The van der Waals surface area contributed by atoms with Crippen molar-refractivity contribution >= 4 is 5.91 Å². The van der Waals surface area contributed by atoms with Gasteiger partial charge in [-0.25, -0.2) is 0 Å². The molecule has 0 bridgehead atoms. The van der Waals surface area contributed by atoms with Crippen LogP contribution in [0.5, 0.6) is 0 Å². The molecule has 1 atom stereocenters. The fraction of sp³-hybridized carbons (Fsp3) is 0.312. The number of nitrogens with zero attached hydrogens (tertiary/aromatic N) is 6. The molecule has 0 aliphatic carbocycles. The number of benzene rings is 1. The summed E-state index contributed by atoms with van der Waals surface area (Å²) < 4.78 is 39.9. The molecule has 27 heavy (non-hydrogen) atoms. The Morgan fingerprint density at radius 3 is 2.63 bits per heavy atom. The Balaban J connectivity index is 1.60. The summed E-state index contributed by atoms with van der Waals surface area (Å²) in [5.74, 6) is -1.28. The molecule has 3 heterocycles. The number of aromatic amines is 1. The third-order valence-electron chi connectivity index (χ3n) is 4.29. The van der Waals surface area contributed by atoms with Gasteiger partial charge in [-0.15, -0.1) is 15.3 Å². The van der Waals surface area contributed by atoms with E-state index in [9.17, 15) is 18.0 Å². The van der Waals surface area contributed by atoms with E-state index >= 15 is 0 Å². The molecule has 1 N–H and O–H groups in total. The number of nitrogens with one attached hydrogen (secondary N) is 1. The molecule has 0 radical (unpaired) electrons. The first-order valence-electron chi connectivity index (χ1n) is 8.12. The van der Waals surface area contributed by atoms with Crippen molar-refractivity contribution in [2.24, 2.45) is 0 Å². The highest BCUT2D eigenvalue weighted by molar-refractivity contribution is 5.90. The number of fused-ring (bicyclic) bond motifs is 1. The van der Waals surface area contributed by atoms with Crippen LogP contribution in [0.3, 0.4) is 0 Å². The van der Waals surface area contributed by atoms with Gasteiger partial charge in [-0.3, -0.25) is 9.89 Å². The summed E-state index contributed by atoms with van der Waals surface area (Å²) in [6.07, 6.45) is -4.69. The van der Waals surface area contributed by atoms with E-state index < -0.39 is 23.7 Å². The number of alkyl halides is 3. The SMILES string of the molecule is C[C@H]1CN(C(=O)c2n[nH]c(C(F)(F)F)n2)Cc2nnc(-c3ccccc3)n21.